The molecule has 0 aliphatic rings. The maximum Gasteiger partial charge on any atom is 0.257 e. The van der Waals surface area contributed by atoms with Crippen LogP contribution in [0.15, 0.2) is 58.5 Å². The summed E-state index contributed by atoms with van der Waals surface area (Å²) in [5.74, 6) is 1.59. The molecule has 140 valence electrons. The largest absolute Gasteiger partial charge is 0.497 e. The molecular formula is C22H24N2O2S. The van der Waals surface area contributed by atoms with Crippen LogP contribution in [-0.4, -0.2) is 16.7 Å². The van der Waals surface area contributed by atoms with Crippen molar-refractivity contribution in [2.75, 3.05) is 7.11 Å². The van der Waals surface area contributed by atoms with E-state index in [1.165, 1.54) is 5.56 Å². The minimum atomic E-state index is 0.0281. The number of benzene rings is 2. The Kier molecular flexibility index (Phi) is 6.01. The summed E-state index contributed by atoms with van der Waals surface area (Å²) in [5.41, 5.74) is 5.09. The van der Waals surface area contributed by atoms with Crippen LogP contribution in [0.25, 0.3) is 0 Å². The van der Waals surface area contributed by atoms with E-state index in [1.807, 2.05) is 31.2 Å². The first-order valence-corrected chi connectivity index (χ1v) is 9.84. The van der Waals surface area contributed by atoms with Crippen molar-refractivity contribution < 1.29 is 4.74 Å². The summed E-state index contributed by atoms with van der Waals surface area (Å²) < 4.78 is 6.84. The summed E-state index contributed by atoms with van der Waals surface area (Å²) in [4.78, 5) is 17.6. The van der Waals surface area contributed by atoms with Gasteiger partial charge in [0.25, 0.3) is 5.56 Å². The van der Waals surface area contributed by atoms with Crippen molar-refractivity contribution in [3.8, 4) is 5.75 Å². The first-order chi connectivity index (χ1) is 13.0. The molecule has 0 spiro atoms. The lowest BCUT2D eigenvalue weighted by Crippen LogP contribution is -2.25. The molecule has 0 atom stereocenters. The highest BCUT2D eigenvalue weighted by molar-refractivity contribution is 7.98. The van der Waals surface area contributed by atoms with Gasteiger partial charge in [-0.15, -0.1) is 0 Å². The highest BCUT2D eigenvalue weighted by atomic mass is 32.2. The summed E-state index contributed by atoms with van der Waals surface area (Å²) in [5, 5.41) is 0.737. The predicted molar refractivity (Wildman–Crippen MR) is 111 cm³/mol. The minimum absolute atomic E-state index is 0.0281. The first-order valence-electron chi connectivity index (χ1n) is 8.85. The Hall–Kier alpha value is -2.53. The molecule has 2 aromatic carbocycles. The van der Waals surface area contributed by atoms with Gasteiger partial charge in [0, 0.05) is 30.5 Å². The maximum atomic E-state index is 12.9. The van der Waals surface area contributed by atoms with Gasteiger partial charge in [0.1, 0.15) is 5.75 Å². The highest BCUT2D eigenvalue weighted by Gasteiger charge is 2.13. The Morgan fingerprint density at radius 2 is 1.63 bits per heavy atom. The number of nitrogens with zero attached hydrogens (tertiary/aromatic N) is 2. The van der Waals surface area contributed by atoms with Crippen molar-refractivity contribution in [2.45, 2.75) is 31.2 Å². The molecule has 0 saturated heterocycles. The monoisotopic (exact) mass is 380 g/mol. The Labute approximate surface area is 164 Å². The van der Waals surface area contributed by atoms with Gasteiger partial charge < -0.3 is 4.74 Å². The molecule has 0 bridgehead atoms. The molecule has 1 heterocycles. The molecule has 0 radical (unpaired) electrons. The fourth-order valence-corrected chi connectivity index (χ4v) is 3.81. The van der Waals surface area contributed by atoms with Gasteiger partial charge in [-0.25, -0.2) is 4.98 Å². The summed E-state index contributed by atoms with van der Waals surface area (Å²) in [7, 11) is 3.45. The summed E-state index contributed by atoms with van der Waals surface area (Å²) >= 11 is 1.57. The second-order valence-corrected chi connectivity index (χ2v) is 7.56. The van der Waals surface area contributed by atoms with Crippen LogP contribution in [0.1, 0.15) is 27.9 Å². The van der Waals surface area contributed by atoms with Gasteiger partial charge in [-0.2, -0.15) is 0 Å². The van der Waals surface area contributed by atoms with E-state index in [2.05, 4.69) is 31.2 Å². The van der Waals surface area contributed by atoms with Crippen LogP contribution < -0.4 is 10.3 Å². The van der Waals surface area contributed by atoms with Crippen LogP contribution in [0.2, 0.25) is 0 Å². The molecule has 0 N–H and O–H groups in total. The second kappa shape index (κ2) is 8.44. The third-order valence-electron chi connectivity index (χ3n) is 4.58. The SMILES string of the molecule is COc1ccc(CSc2nc(C)c(Cc3ccc(C)cc3)c(=O)n2C)cc1. The molecule has 4 nitrogen and oxygen atoms in total. The van der Waals surface area contributed by atoms with E-state index >= 15 is 0 Å². The average molecular weight is 381 g/mol. The van der Waals surface area contributed by atoms with Crippen LogP contribution >= 0.6 is 11.8 Å². The highest BCUT2D eigenvalue weighted by Crippen LogP contribution is 2.22. The van der Waals surface area contributed by atoms with E-state index < -0.39 is 0 Å². The first kappa shape index (κ1) is 19.2. The van der Waals surface area contributed by atoms with Crippen LogP contribution in [-0.2, 0) is 19.2 Å². The molecule has 0 amide bonds. The normalized spacial score (nSPS) is 10.8. The fraction of sp³-hybridized carbons (Fsp3) is 0.273. The number of methoxy groups -OCH3 is 1. The van der Waals surface area contributed by atoms with Crippen LogP contribution in [0.3, 0.4) is 0 Å². The molecule has 3 aromatic rings. The molecule has 0 unspecified atom stereocenters. The Morgan fingerprint density at radius 3 is 2.26 bits per heavy atom. The molecule has 0 fully saturated rings. The zero-order chi connectivity index (χ0) is 19.4. The van der Waals surface area contributed by atoms with Crippen molar-refractivity contribution in [3.05, 3.63) is 86.8 Å². The van der Waals surface area contributed by atoms with E-state index in [1.54, 1.807) is 30.5 Å². The quantitative estimate of drug-likeness (QED) is 0.473. The van der Waals surface area contributed by atoms with Gasteiger partial charge in [0.2, 0.25) is 0 Å². The van der Waals surface area contributed by atoms with Crippen LogP contribution in [0.5, 0.6) is 5.75 Å². The zero-order valence-electron chi connectivity index (χ0n) is 16.2. The van der Waals surface area contributed by atoms with Crippen molar-refractivity contribution in [1.82, 2.24) is 9.55 Å². The lowest BCUT2D eigenvalue weighted by Gasteiger charge is -2.12. The van der Waals surface area contributed by atoms with Crippen molar-refractivity contribution >= 4 is 11.8 Å². The number of ether oxygens (including phenoxy) is 1. The second-order valence-electron chi connectivity index (χ2n) is 6.62. The Morgan fingerprint density at radius 1 is 1.00 bits per heavy atom. The van der Waals surface area contributed by atoms with E-state index in [9.17, 15) is 4.79 Å². The number of aromatic nitrogens is 2. The molecule has 0 aliphatic carbocycles. The molecule has 27 heavy (non-hydrogen) atoms. The van der Waals surface area contributed by atoms with Gasteiger partial charge in [-0.05, 0) is 37.1 Å². The molecule has 5 heteroatoms. The number of rotatable bonds is 6. The van der Waals surface area contributed by atoms with Gasteiger partial charge in [-0.3, -0.25) is 9.36 Å². The molecule has 0 aliphatic heterocycles. The number of hydrogen-bond donors (Lipinski definition) is 0. The molecular weight excluding hydrogens is 356 g/mol. The summed E-state index contributed by atoms with van der Waals surface area (Å²) in [6.07, 6.45) is 0.606. The zero-order valence-corrected chi connectivity index (χ0v) is 17.0. The standard InChI is InChI=1S/C22H24N2O2S/c1-15-5-7-17(8-6-15)13-20-16(2)23-22(24(3)21(20)25)27-14-18-9-11-19(26-4)12-10-18/h5-12H,13-14H2,1-4H3. The van der Waals surface area contributed by atoms with Gasteiger partial charge in [0.05, 0.1) is 7.11 Å². The van der Waals surface area contributed by atoms with E-state index in [4.69, 9.17) is 9.72 Å². The number of hydrogen-bond acceptors (Lipinski definition) is 4. The number of thioether (sulfide) groups is 1. The van der Waals surface area contributed by atoms with Crippen LogP contribution in [0.4, 0.5) is 0 Å². The van der Waals surface area contributed by atoms with E-state index in [0.717, 1.165) is 39.0 Å². The maximum absolute atomic E-state index is 12.9. The number of aryl methyl sites for hydroxylation is 2. The molecule has 1 aromatic heterocycles. The minimum Gasteiger partial charge on any atom is -0.497 e. The fourth-order valence-electron chi connectivity index (χ4n) is 2.84. The lowest BCUT2D eigenvalue weighted by atomic mass is 10.0. The van der Waals surface area contributed by atoms with Gasteiger partial charge >= 0.3 is 0 Å². The van der Waals surface area contributed by atoms with Gasteiger partial charge in [-0.1, -0.05) is 53.7 Å². The molecule has 3 rings (SSSR count). The lowest BCUT2D eigenvalue weighted by molar-refractivity contribution is 0.414. The van der Waals surface area contributed by atoms with Crippen molar-refractivity contribution in [3.63, 3.8) is 0 Å². The summed E-state index contributed by atoms with van der Waals surface area (Å²) in [6.45, 7) is 3.98. The van der Waals surface area contributed by atoms with E-state index in [0.29, 0.717) is 6.42 Å². The topological polar surface area (TPSA) is 44.1 Å². The average Bonchev–Trinajstić information content (AvgIpc) is 2.69. The third kappa shape index (κ3) is 4.61. The van der Waals surface area contributed by atoms with Crippen molar-refractivity contribution in [2.24, 2.45) is 7.05 Å². The Bertz CT molecular complexity index is 977. The molecule has 0 saturated carbocycles. The predicted octanol–water partition coefficient (Wildman–Crippen LogP) is 4.29. The van der Waals surface area contributed by atoms with Gasteiger partial charge in [0.15, 0.2) is 5.16 Å². The van der Waals surface area contributed by atoms with Crippen LogP contribution in [0, 0.1) is 13.8 Å². The smallest absolute Gasteiger partial charge is 0.257 e. The third-order valence-corrected chi connectivity index (χ3v) is 5.68. The Balaban J connectivity index is 1.79. The van der Waals surface area contributed by atoms with E-state index in [-0.39, 0.29) is 5.56 Å². The summed E-state index contributed by atoms with van der Waals surface area (Å²) in [6, 6.07) is 16.2. The van der Waals surface area contributed by atoms with Crippen molar-refractivity contribution in [1.29, 1.82) is 0 Å².